The smallest absolute Gasteiger partial charge is 0.336 e. The van der Waals surface area contributed by atoms with E-state index < -0.39 is 17.7 Å². The Labute approximate surface area is 175 Å². The molecular weight excluding hydrogens is 388 g/mol. The van der Waals surface area contributed by atoms with E-state index in [1.165, 1.54) is 24.3 Å². The molecule has 0 N–H and O–H groups in total. The number of halogens is 2. The van der Waals surface area contributed by atoms with Gasteiger partial charge in [-0.1, -0.05) is 37.6 Å². The lowest BCUT2D eigenvalue weighted by molar-refractivity contribution is -0.140. The van der Waals surface area contributed by atoms with Crippen molar-refractivity contribution in [3.8, 4) is 0 Å². The van der Waals surface area contributed by atoms with Crippen molar-refractivity contribution in [1.82, 2.24) is 4.90 Å². The number of hydrogen-bond donors (Lipinski definition) is 0. The van der Waals surface area contributed by atoms with Crippen LogP contribution in [0.2, 0.25) is 0 Å². The van der Waals surface area contributed by atoms with Gasteiger partial charge >= 0.3 is 5.97 Å². The largest absolute Gasteiger partial charge is 0.463 e. The standard InChI is InChI=1S/C24H25F2NO3/c1-3-6-21-23(24(29)30-4-2)20(17-7-5-8-19(26)13-17)14-22(28)27(21)15-16-9-11-18(25)12-10-16/h5,7-13,20H,3-4,6,14-15H2,1-2H3. The lowest BCUT2D eigenvalue weighted by Gasteiger charge is -2.36. The minimum Gasteiger partial charge on any atom is -0.463 e. The minimum absolute atomic E-state index is 0.0337. The summed E-state index contributed by atoms with van der Waals surface area (Å²) < 4.78 is 32.5. The summed E-state index contributed by atoms with van der Waals surface area (Å²) in [5, 5.41) is 0. The van der Waals surface area contributed by atoms with Crippen LogP contribution < -0.4 is 0 Å². The molecule has 1 amide bonds. The van der Waals surface area contributed by atoms with Crippen LogP contribution in [-0.2, 0) is 20.9 Å². The molecule has 4 nitrogen and oxygen atoms in total. The third-order valence-electron chi connectivity index (χ3n) is 5.15. The van der Waals surface area contributed by atoms with Gasteiger partial charge in [0, 0.05) is 18.0 Å². The molecule has 0 radical (unpaired) electrons. The van der Waals surface area contributed by atoms with Crippen LogP contribution in [0.4, 0.5) is 8.78 Å². The molecule has 1 heterocycles. The number of rotatable bonds is 7. The van der Waals surface area contributed by atoms with E-state index in [2.05, 4.69) is 0 Å². The number of carbonyl (C=O) groups excluding carboxylic acids is 2. The molecular formula is C24H25F2NO3. The molecule has 0 spiro atoms. The van der Waals surface area contributed by atoms with E-state index in [1.807, 2.05) is 6.92 Å². The Hall–Kier alpha value is -3.02. The second-order valence-corrected chi connectivity index (χ2v) is 7.25. The summed E-state index contributed by atoms with van der Waals surface area (Å²) in [6.07, 6.45) is 1.24. The molecule has 158 valence electrons. The maximum Gasteiger partial charge on any atom is 0.336 e. The number of allylic oxidation sites excluding steroid dienone is 1. The fourth-order valence-corrected chi connectivity index (χ4v) is 3.82. The molecule has 1 aliphatic heterocycles. The van der Waals surface area contributed by atoms with Crippen molar-refractivity contribution in [3.63, 3.8) is 0 Å². The predicted molar refractivity (Wildman–Crippen MR) is 109 cm³/mol. The fraction of sp³-hybridized carbons (Fsp3) is 0.333. The number of benzene rings is 2. The van der Waals surface area contributed by atoms with Crippen LogP contribution in [-0.4, -0.2) is 23.4 Å². The van der Waals surface area contributed by atoms with Crippen molar-refractivity contribution < 1.29 is 23.1 Å². The lowest BCUT2D eigenvalue weighted by Crippen LogP contribution is -2.39. The van der Waals surface area contributed by atoms with E-state index >= 15 is 0 Å². The Balaban J connectivity index is 2.10. The highest BCUT2D eigenvalue weighted by Crippen LogP contribution is 2.39. The van der Waals surface area contributed by atoms with Gasteiger partial charge in [0.05, 0.1) is 18.7 Å². The zero-order valence-corrected chi connectivity index (χ0v) is 17.2. The highest BCUT2D eigenvalue weighted by Gasteiger charge is 2.38. The molecule has 1 aliphatic rings. The molecule has 0 aliphatic carbocycles. The van der Waals surface area contributed by atoms with Gasteiger partial charge in [0.2, 0.25) is 5.91 Å². The number of amides is 1. The first kappa shape index (κ1) is 21.7. The summed E-state index contributed by atoms with van der Waals surface area (Å²) in [5.74, 6) is -2.00. The monoisotopic (exact) mass is 413 g/mol. The number of carbonyl (C=O) groups is 2. The molecule has 0 aromatic heterocycles. The van der Waals surface area contributed by atoms with Crippen molar-refractivity contribution in [2.24, 2.45) is 0 Å². The minimum atomic E-state index is -0.571. The zero-order valence-electron chi connectivity index (χ0n) is 17.2. The third kappa shape index (κ3) is 4.75. The third-order valence-corrected chi connectivity index (χ3v) is 5.15. The van der Waals surface area contributed by atoms with Crippen molar-refractivity contribution in [2.45, 2.75) is 45.6 Å². The van der Waals surface area contributed by atoms with Crippen LogP contribution in [0.25, 0.3) is 0 Å². The summed E-state index contributed by atoms with van der Waals surface area (Å²) >= 11 is 0. The van der Waals surface area contributed by atoms with Gasteiger partial charge in [0.15, 0.2) is 0 Å². The van der Waals surface area contributed by atoms with Crippen LogP contribution in [0.15, 0.2) is 59.8 Å². The molecule has 0 bridgehead atoms. The first-order valence-electron chi connectivity index (χ1n) is 10.1. The van der Waals surface area contributed by atoms with Gasteiger partial charge in [-0.25, -0.2) is 13.6 Å². The summed E-state index contributed by atoms with van der Waals surface area (Å²) in [6.45, 7) is 4.11. The van der Waals surface area contributed by atoms with Gasteiger partial charge in [-0.2, -0.15) is 0 Å². The Morgan fingerprint density at radius 2 is 1.83 bits per heavy atom. The molecule has 6 heteroatoms. The van der Waals surface area contributed by atoms with E-state index in [9.17, 15) is 18.4 Å². The van der Waals surface area contributed by atoms with Crippen LogP contribution in [0.3, 0.4) is 0 Å². The van der Waals surface area contributed by atoms with Gasteiger partial charge in [0.1, 0.15) is 11.6 Å². The van der Waals surface area contributed by atoms with E-state index in [-0.39, 0.29) is 31.3 Å². The van der Waals surface area contributed by atoms with Crippen molar-refractivity contribution >= 4 is 11.9 Å². The van der Waals surface area contributed by atoms with Crippen LogP contribution in [0, 0.1) is 11.6 Å². The summed E-state index contributed by atoms with van der Waals surface area (Å²) in [4.78, 5) is 27.6. The Morgan fingerprint density at radius 3 is 2.47 bits per heavy atom. The van der Waals surface area contributed by atoms with Crippen molar-refractivity contribution in [1.29, 1.82) is 0 Å². The summed E-state index contributed by atoms with van der Waals surface area (Å²) in [7, 11) is 0. The molecule has 0 saturated heterocycles. The maximum absolute atomic E-state index is 13.9. The van der Waals surface area contributed by atoms with Crippen LogP contribution >= 0.6 is 0 Å². The quantitative estimate of drug-likeness (QED) is 0.594. The van der Waals surface area contributed by atoms with Crippen LogP contribution in [0.5, 0.6) is 0 Å². The van der Waals surface area contributed by atoms with E-state index in [4.69, 9.17) is 4.74 Å². The Kier molecular flexibility index (Phi) is 6.98. The van der Waals surface area contributed by atoms with E-state index in [0.29, 0.717) is 29.7 Å². The molecule has 30 heavy (non-hydrogen) atoms. The second-order valence-electron chi connectivity index (χ2n) is 7.25. The van der Waals surface area contributed by atoms with Crippen LogP contribution in [0.1, 0.15) is 50.2 Å². The molecule has 0 saturated carbocycles. The molecule has 1 unspecified atom stereocenters. The Morgan fingerprint density at radius 1 is 1.10 bits per heavy atom. The second kappa shape index (κ2) is 9.65. The fourth-order valence-electron chi connectivity index (χ4n) is 3.82. The molecule has 2 aromatic carbocycles. The highest BCUT2D eigenvalue weighted by atomic mass is 19.1. The molecule has 2 aromatic rings. The summed E-state index contributed by atoms with van der Waals surface area (Å²) in [5.41, 5.74) is 2.31. The topological polar surface area (TPSA) is 46.6 Å². The first-order chi connectivity index (χ1) is 14.4. The van der Waals surface area contributed by atoms with Gasteiger partial charge in [0.25, 0.3) is 0 Å². The van der Waals surface area contributed by atoms with Crippen molar-refractivity contribution in [3.05, 3.63) is 82.6 Å². The number of ether oxygens (including phenoxy) is 1. The molecule has 1 atom stereocenters. The molecule has 0 fully saturated rings. The zero-order chi connectivity index (χ0) is 21.7. The average Bonchev–Trinajstić information content (AvgIpc) is 2.72. The van der Waals surface area contributed by atoms with Gasteiger partial charge in [-0.05, 0) is 48.7 Å². The van der Waals surface area contributed by atoms with Gasteiger partial charge in [-0.3, -0.25) is 4.79 Å². The molecule has 3 rings (SSSR count). The predicted octanol–water partition coefficient (Wildman–Crippen LogP) is 5.10. The normalized spacial score (nSPS) is 16.7. The number of nitrogens with zero attached hydrogens (tertiary/aromatic N) is 1. The van der Waals surface area contributed by atoms with Gasteiger partial charge < -0.3 is 9.64 Å². The number of esters is 1. The maximum atomic E-state index is 13.9. The lowest BCUT2D eigenvalue weighted by atomic mass is 9.82. The highest BCUT2D eigenvalue weighted by molar-refractivity contribution is 5.96. The number of hydrogen-bond acceptors (Lipinski definition) is 3. The van der Waals surface area contributed by atoms with Gasteiger partial charge in [-0.15, -0.1) is 0 Å². The average molecular weight is 413 g/mol. The first-order valence-corrected chi connectivity index (χ1v) is 10.1. The van der Waals surface area contributed by atoms with E-state index in [1.54, 1.807) is 36.1 Å². The van der Waals surface area contributed by atoms with Crippen molar-refractivity contribution in [2.75, 3.05) is 6.61 Å². The van der Waals surface area contributed by atoms with E-state index in [0.717, 1.165) is 5.56 Å². The summed E-state index contributed by atoms with van der Waals surface area (Å²) in [6, 6.07) is 11.9. The Bertz CT molecular complexity index is 953. The SMILES string of the molecule is CCCC1=C(C(=O)OCC)C(c2cccc(F)c2)CC(=O)N1Cc1ccc(F)cc1.